The molecular weight excluding hydrogens is 769 g/mol. The van der Waals surface area contributed by atoms with E-state index < -0.39 is 45.3 Å². The molecule has 2 saturated heterocycles. The quantitative estimate of drug-likeness (QED) is 0.0344. The maximum atomic E-state index is 14.4. The lowest BCUT2D eigenvalue weighted by molar-refractivity contribution is -0.141. The van der Waals surface area contributed by atoms with Crippen LogP contribution in [0.15, 0.2) is 126 Å². The number of phenols is 1. The van der Waals surface area contributed by atoms with Gasteiger partial charge in [-0.25, -0.2) is 0 Å². The van der Waals surface area contributed by atoms with Crippen LogP contribution in [0.5, 0.6) is 5.75 Å². The van der Waals surface area contributed by atoms with Gasteiger partial charge in [0.15, 0.2) is 0 Å². The summed E-state index contributed by atoms with van der Waals surface area (Å²) < 4.78 is 14.0. The molecule has 312 valence electrons. The molecular formula is C49H56BNO8Si. The van der Waals surface area contributed by atoms with Gasteiger partial charge in [-0.05, 0) is 99.7 Å². The first kappa shape index (κ1) is 43.0. The Hall–Kier alpha value is -5.07. The maximum absolute atomic E-state index is 14.4. The van der Waals surface area contributed by atoms with Crippen LogP contribution < -0.4 is 10.4 Å². The number of aromatic hydroxyl groups is 1. The van der Waals surface area contributed by atoms with Crippen LogP contribution in [0.4, 0.5) is 0 Å². The van der Waals surface area contributed by atoms with Crippen LogP contribution in [-0.4, -0.2) is 72.6 Å². The minimum Gasteiger partial charge on any atom is -0.508 e. The first-order chi connectivity index (χ1) is 28.9. The lowest BCUT2D eigenvalue weighted by Crippen LogP contribution is -2.66. The van der Waals surface area contributed by atoms with Crippen molar-refractivity contribution in [1.82, 2.24) is 4.90 Å². The largest absolute Gasteiger partial charge is 0.508 e. The molecule has 2 aliphatic heterocycles. The number of carbonyl (C=O) groups excluding carboxylic acids is 2. The number of aliphatic carboxylic acids is 1. The van der Waals surface area contributed by atoms with Crippen molar-refractivity contribution in [2.45, 2.75) is 83.2 Å². The second-order valence-corrected chi connectivity index (χ2v) is 21.8. The van der Waals surface area contributed by atoms with Gasteiger partial charge in [0.2, 0.25) is 11.8 Å². The minimum absolute atomic E-state index is 0.0471. The Morgan fingerprint density at radius 3 is 2.12 bits per heavy atom. The van der Waals surface area contributed by atoms with Crippen molar-refractivity contribution in [2.75, 3.05) is 13.2 Å². The molecule has 9 nitrogen and oxygen atoms in total. The lowest BCUT2D eigenvalue weighted by atomic mass is 9.58. The molecule has 2 amide bonds. The van der Waals surface area contributed by atoms with E-state index in [4.69, 9.17) is 14.2 Å². The number of hydrogen-bond donors (Lipinski definition) is 3. The summed E-state index contributed by atoms with van der Waals surface area (Å²) in [6, 6.07) is 38.1. The third-order valence-corrected chi connectivity index (χ3v) is 17.6. The van der Waals surface area contributed by atoms with E-state index in [0.29, 0.717) is 38.5 Å². The summed E-state index contributed by atoms with van der Waals surface area (Å²) in [4.78, 5) is 41.2. The van der Waals surface area contributed by atoms with Gasteiger partial charge in [0, 0.05) is 13.0 Å². The van der Waals surface area contributed by atoms with E-state index in [1.54, 1.807) is 12.1 Å². The van der Waals surface area contributed by atoms with Crippen molar-refractivity contribution in [3.05, 3.63) is 138 Å². The number of nitrogens with zero attached hydrogens (tertiary/aromatic N) is 1. The topological polar surface area (TPSA) is 134 Å². The van der Waals surface area contributed by atoms with Gasteiger partial charge >= 0.3 is 13.1 Å². The predicted octanol–water partition coefficient (Wildman–Crippen LogP) is 7.73. The lowest BCUT2D eigenvalue weighted by Gasteiger charge is -2.46. The Labute approximate surface area is 355 Å². The predicted molar refractivity (Wildman–Crippen MR) is 238 cm³/mol. The molecule has 7 rings (SSSR count). The Balaban J connectivity index is 1.28. The van der Waals surface area contributed by atoms with Gasteiger partial charge in [0.25, 0.3) is 8.32 Å². The fourth-order valence-corrected chi connectivity index (χ4v) is 14.5. The summed E-state index contributed by atoms with van der Waals surface area (Å²) in [6.07, 6.45) is 4.76. The molecule has 0 saturated carbocycles. The average molecular weight is 826 g/mol. The van der Waals surface area contributed by atoms with Crippen molar-refractivity contribution in [1.29, 1.82) is 0 Å². The van der Waals surface area contributed by atoms with Crippen LogP contribution in [-0.2, 0) is 23.5 Å². The second-order valence-electron chi connectivity index (χ2n) is 17.5. The van der Waals surface area contributed by atoms with Crippen LogP contribution in [0.1, 0.15) is 76.8 Å². The molecule has 0 radical (unpaired) electrons. The molecule has 4 atom stereocenters. The van der Waals surface area contributed by atoms with Gasteiger partial charge in [0.1, 0.15) is 5.75 Å². The van der Waals surface area contributed by atoms with Crippen LogP contribution >= 0.6 is 0 Å². The number of carbonyl (C=O) groups is 3. The van der Waals surface area contributed by atoms with Gasteiger partial charge in [-0.2, -0.15) is 0 Å². The van der Waals surface area contributed by atoms with E-state index in [-0.39, 0.29) is 48.5 Å². The average Bonchev–Trinajstić information content (AvgIpc) is 3.47. The number of fused-ring (bicyclic) bond motifs is 3. The van der Waals surface area contributed by atoms with Gasteiger partial charge in [0.05, 0.1) is 24.5 Å². The number of carboxylic acids is 1. The van der Waals surface area contributed by atoms with Crippen molar-refractivity contribution >= 4 is 55.2 Å². The highest BCUT2D eigenvalue weighted by molar-refractivity contribution is 6.99. The number of hydrogen-bond acceptors (Lipinski definition) is 7. The summed E-state index contributed by atoms with van der Waals surface area (Å²) in [6.45, 7) is 7.17. The monoisotopic (exact) mass is 825 g/mol. The van der Waals surface area contributed by atoms with Crippen LogP contribution in [0, 0.1) is 17.8 Å². The highest BCUT2D eigenvalue weighted by Crippen LogP contribution is 2.51. The summed E-state index contributed by atoms with van der Waals surface area (Å²) in [5.41, 5.74) is 4.82. The molecule has 0 spiro atoms. The van der Waals surface area contributed by atoms with Gasteiger partial charge in [-0.15, -0.1) is 0 Å². The molecule has 60 heavy (non-hydrogen) atoms. The summed E-state index contributed by atoms with van der Waals surface area (Å²) in [7, 11) is -4.16. The first-order valence-electron chi connectivity index (χ1n) is 21.3. The van der Waals surface area contributed by atoms with Crippen molar-refractivity contribution < 1.29 is 38.7 Å². The molecule has 2 heterocycles. The molecule has 4 aromatic rings. The van der Waals surface area contributed by atoms with Crippen LogP contribution in [0.3, 0.4) is 0 Å². The molecule has 0 bridgehead atoms. The number of allylic oxidation sites excluding steroid dienone is 1. The standard InChI is InChI=1S/C49H56BNO8Si/c1-49(2,3)60(39-21-10-5-11-22-39,40-23-12-6-13-24-40)58-33-37-31-41-46(48(56)51(47(41)55)28-15-7-14-25-44(53)54)42-32-50(57)59-43(45(37)42)27-26-36(35-18-8-4-9-19-35)29-34-17-16-20-38(52)30-34/h4-6,8-13,16-24,29-30,41-43,46,52,57H,7,14-15,25-28,31-33H2,1-3H3,(H,53,54)/b36-29-/t41-,42+,43-,46-/m1/s1. The zero-order valence-electron chi connectivity index (χ0n) is 34.8. The Morgan fingerprint density at radius 1 is 0.850 bits per heavy atom. The molecule has 3 N–H and O–H groups in total. The second kappa shape index (κ2) is 18.7. The highest BCUT2D eigenvalue weighted by atomic mass is 28.4. The van der Waals surface area contributed by atoms with Crippen molar-refractivity contribution in [2.24, 2.45) is 17.8 Å². The van der Waals surface area contributed by atoms with Crippen LogP contribution in [0.25, 0.3) is 11.6 Å². The molecule has 0 unspecified atom stereocenters. The number of phenolic OH excluding ortho intramolecular Hbond substituents is 1. The zero-order valence-corrected chi connectivity index (χ0v) is 35.8. The normalized spacial score (nSPS) is 21.0. The van der Waals surface area contributed by atoms with E-state index in [1.807, 2.05) is 42.5 Å². The smallest absolute Gasteiger partial charge is 0.455 e. The van der Waals surface area contributed by atoms with Gasteiger partial charge < -0.3 is 24.3 Å². The fourth-order valence-electron chi connectivity index (χ4n) is 9.92. The third kappa shape index (κ3) is 9.15. The van der Waals surface area contributed by atoms with Gasteiger partial charge in [-0.3, -0.25) is 19.3 Å². The minimum atomic E-state index is -3.02. The van der Waals surface area contributed by atoms with E-state index in [0.717, 1.165) is 38.2 Å². The van der Waals surface area contributed by atoms with E-state index in [2.05, 4.69) is 87.5 Å². The highest BCUT2D eigenvalue weighted by Gasteiger charge is 2.58. The summed E-state index contributed by atoms with van der Waals surface area (Å²) in [5, 5.41) is 32.8. The van der Waals surface area contributed by atoms with Gasteiger partial charge in [-0.1, -0.05) is 136 Å². The number of imide groups is 1. The summed E-state index contributed by atoms with van der Waals surface area (Å²) >= 11 is 0. The fraction of sp³-hybridized carbons (Fsp3) is 0.367. The van der Waals surface area contributed by atoms with Crippen molar-refractivity contribution in [3.63, 3.8) is 0 Å². The Kier molecular flexibility index (Phi) is 13.4. The Bertz CT molecular complexity index is 2170. The first-order valence-corrected chi connectivity index (χ1v) is 23.2. The summed E-state index contributed by atoms with van der Waals surface area (Å²) in [5.74, 6) is -2.78. The molecule has 1 aliphatic carbocycles. The molecule has 4 aromatic carbocycles. The molecule has 0 aromatic heterocycles. The van der Waals surface area contributed by atoms with E-state index in [1.165, 1.54) is 4.90 Å². The van der Waals surface area contributed by atoms with Crippen molar-refractivity contribution in [3.8, 4) is 5.75 Å². The molecule has 3 aliphatic rings. The van der Waals surface area contributed by atoms with E-state index in [9.17, 15) is 24.5 Å². The number of benzene rings is 4. The van der Waals surface area contributed by atoms with Crippen LogP contribution in [0.2, 0.25) is 11.4 Å². The molecule has 2 fully saturated rings. The SMILES string of the molecule is CC(C)(C)[Si](OCC1=C2[C@@H](CC/C(=C/c3cccc(O)c3)c3ccccc3)OB(O)C[C@@H]2[C@@H]2C(=O)N(CCCCCC(=O)O)C(=O)[C@@H]2C1)(c1ccccc1)c1ccccc1. The number of unbranched alkanes of at least 4 members (excludes halogenated alkanes) is 2. The number of carboxylic acid groups (broad SMARTS) is 1. The zero-order chi connectivity index (χ0) is 42.4. The number of amides is 2. The maximum Gasteiger partial charge on any atom is 0.455 e. The van der Waals surface area contributed by atoms with E-state index >= 15 is 0 Å². The number of rotatable bonds is 16. The third-order valence-electron chi connectivity index (χ3n) is 12.6. The number of likely N-dealkylation sites (tertiary alicyclic amines) is 1. The Morgan fingerprint density at radius 2 is 1.50 bits per heavy atom. The molecule has 11 heteroatoms.